The molecule has 1 saturated heterocycles. The molecule has 2 heterocycles. The van der Waals surface area contributed by atoms with Crippen LogP contribution < -0.4 is 10.5 Å². The second-order valence-electron chi connectivity index (χ2n) is 7.92. The van der Waals surface area contributed by atoms with Crippen LogP contribution in [0.1, 0.15) is 43.2 Å². The number of benzene rings is 2. The summed E-state index contributed by atoms with van der Waals surface area (Å²) in [6, 6.07) is 18.6. The first-order chi connectivity index (χ1) is 13.1. The molecule has 2 aromatic carbocycles. The third-order valence-electron chi connectivity index (χ3n) is 6.47. The number of piperidine rings is 1. The van der Waals surface area contributed by atoms with Gasteiger partial charge < -0.3 is 15.4 Å². The summed E-state index contributed by atoms with van der Waals surface area (Å²) in [5.41, 5.74) is 8.66. The van der Waals surface area contributed by atoms with Crippen molar-refractivity contribution >= 4 is 18.3 Å². The van der Waals surface area contributed by atoms with Gasteiger partial charge in [0, 0.05) is 36.5 Å². The monoisotopic (exact) mass is 400 g/mol. The maximum Gasteiger partial charge on any atom is 0.226 e. The summed E-state index contributed by atoms with van der Waals surface area (Å²) in [7, 11) is 0. The second-order valence-corrected chi connectivity index (χ2v) is 7.92. The van der Waals surface area contributed by atoms with E-state index >= 15 is 0 Å². The minimum absolute atomic E-state index is 0. The van der Waals surface area contributed by atoms with Gasteiger partial charge in [0.2, 0.25) is 5.91 Å². The number of amides is 1. The predicted molar refractivity (Wildman–Crippen MR) is 114 cm³/mol. The molecule has 2 N–H and O–H groups in total. The van der Waals surface area contributed by atoms with Crippen LogP contribution in [-0.4, -0.2) is 36.5 Å². The highest BCUT2D eigenvalue weighted by Crippen LogP contribution is 2.40. The maximum absolute atomic E-state index is 12.9. The Morgan fingerprint density at radius 3 is 2.39 bits per heavy atom. The molecule has 0 aromatic heterocycles. The normalized spacial score (nSPS) is 22.7. The Kier molecular flexibility index (Phi) is 6.31. The van der Waals surface area contributed by atoms with Gasteiger partial charge in [0.25, 0.3) is 0 Å². The van der Waals surface area contributed by atoms with Crippen molar-refractivity contribution in [2.24, 2.45) is 5.73 Å². The van der Waals surface area contributed by atoms with Crippen molar-refractivity contribution in [3.8, 4) is 5.75 Å². The van der Waals surface area contributed by atoms with Crippen LogP contribution in [0.2, 0.25) is 0 Å². The molecule has 2 aromatic rings. The fraction of sp³-hybridized carbons (Fsp3) is 0.435. The first kappa shape index (κ1) is 20.7. The van der Waals surface area contributed by atoms with Crippen LogP contribution in [0, 0.1) is 0 Å². The molecule has 2 aliphatic heterocycles. The van der Waals surface area contributed by atoms with E-state index in [0.29, 0.717) is 13.0 Å². The van der Waals surface area contributed by atoms with Crippen molar-refractivity contribution in [3.05, 3.63) is 65.7 Å². The summed E-state index contributed by atoms with van der Waals surface area (Å²) in [4.78, 5) is 14.9. The number of halogens is 1. The summed E-state index contributed by atoms with van der Waals surface area (Å²) >= 11 is 0. The molecule has 0 bridgehead atoms. The number of rotatable bonds is 4. The fourth-order valence-corrected chi connectivity index (χ4v) is 4.54. The molecule has 0 radical (unpaired) electrons. The summed E-state index contributed by atoms with van der Waals surface area (Å²) in [6.45, 7) is 4.30. The Morgan fingerprint density at radius 1 is 1.11 bits per heavy atom. The molecule has 0 aliphatic carbocycles. The Hall–Kier alpha value is -2.04. The lowest BCUT2D eigenvalue weighted by Gasteiger charge is -2.42. The van der Waals surface area contributed by atoms with E-state index in [1.165, 1.54) is 11.1 Å². The Balaban J connectivity index is 0.00000225. The lowest BCUT2D eigenvalue weighted by Crippen LogP contribution is -2.49. The number of nitrogens with two attached hydrogens (primary N) is 1. The van der Waals surface area contributed by atoms with Crippen LogP contribution in [0.25, 0.3) is 0 Å². The molecular formula is C23H29ClN2O2. The van der Waals surface area contributed by atoms with E-state index in [-0.39, 0.29) is 35.8 Å². The molecule has 28 heavy (non-hydrogen) atoms. The average molecular weight is 401 g/mol. The minimum Gasteiger partial charge on any atom is -0.489 e. The van der Waals surface area contributed by atoms with Gasteiger partial charge in [-0.2, -0.15) is 0 Å². The van der Waals surface area contributed by atoms with Gasteiger partial charge in [-0.05, 0) is 24.5 Å². The number of likely N-dealkylation sites (tertiary alicyclic amines) is 1. The van der Waals surface area contributed by atoms with Crippen LogP contribution in [0.15, 0.2) is 54.6 Å². The molecule has 1 fully saturated rings. The van der Waals surface area contributed by atoms with Crippen LogP contribution in [-0.2, 0) is 10.2 Å². The van der Waals surface area contributed by atoms with Gasteiger partial charge in [-0.15, -0.1) is 12.4 Å². The first-order valence-electron chi connectivity index (χ1n) is 9.92. The van der Waals surface area contributed by atoms with Gasteiger partial charge in [0.1, 0.15) is 11.9 Å². The lowest BCUT2D eigenvalue weighted by atomic mass is 9.73. The van der Waals surface area contributed by atoms with E-state index in [1.807, 2.05) is 29.2 Å². The summed E-state index contributed by atoms with van der Waals surface area (Å²) in [5.74, 6) is 1.37. The quantitative estimate of drug-likeness (QED) is 0.847. The van der Waals surface area contributed by atoms with E-state index in [4.69, 9.17) is 10.5 Å². The van der Waals surface area contributed by atoms with Crippen LogP contribution in [0.3, 0.4) is 0 Å². The number of carbonyl (C=O) groups excluding carboxylic acids is 1. The molecular weight excluding hydrogens is 372 g/mol. The highest BCUT2D eigenvalue weighted by atomic mass is 35.5. The maximum atomic E-state index is 12.9. The molecule has 2 atom stereocenters. The standard InChI is InChI=1S/C23H28N2O2.ClH/c1-17-19-9-5-6-10-20(19)27-21(17)15-22(26)25-13-11-23(16-24,12-14-25)18-7-3-2-4-8-18;/h2-10,17,21H,11-16,24H2,1H3;1H/t17-,21-;/m0./s1. The zero-order valence-electron chi connectivity index (χ0n) is 16.3. The summed E-state index contributed by atoms with van der Waals surface area (Å²) < 4.78 is 6.04. The Bertz CT molecular complexity index is 803. The van der Waals surface area contributed by atoms with Crippen molar-refractivity contribution in [1.29, 1.82) is 0 Å². The van der Waals surface area contributed by atoms with Gasteiger partial charge in [0.05, 0.1) is 6.42 Å². The number of ether oxygens (including phenoxy) is 1. The molecule has 150 valence electrons. The predicted octanol–water partition coefficient (Wildman–Crippen LogP) is 3.88. The number of para-hydroxylation sites is 1. The highest BCUT2D eigenvalue weighted by molar-refractivity contribution is 5.85. The molecule has 4 rings (SSSR count). The molecule has 5 heteroatoms. The number of hydrogen-bond acceptors (Lipinski definition) is 3. The zero-order chi connectivity index (χ0) is 18.9. The van der Waals surface area contributed by atoms with Gasteiger partial charge in [-0.25, -0.2) is 0 Å². The van der Waals surface area contributed by atoms with Crippen molar-refractivity contribution < 1.29 is 9.53 Å². The number of hydrogen-bond donors (Lipinski definition) is 1. The van der Waals surface area contributed by atoms with Gasteiger partial charge in [0.15, 0.2) is 0 Å². The number of carbonyl (C=O) groups is 1. The Morgan fingerprint density at radius 2 is 1.75 bits per heavy atom. The van der Waals surface area contributed by atoms with Crippen molar-refractivity contribution in [2.75, 3.05) is 19.6 Å². The molecule has 4 nitrogen and oxygen atoms in total. The largest absolute Gasteiger partial charge is 0.489 e. The third kappa shape index (κ3) is 3.76. The minimum atomic E-state index is -0.0646. The molecule has 2 aliphatic rings. The van der Waals surface area contributed by atoms with E-state index in [9.17, 15) is 4.79 Å². The van der Waals surface area contributed by atoms with Crippen LogP contribution in [0.4, 0.5) is 0 Å². The van der Waals surface area contributed by atoms with E-state index in [2.05, 4.69) is 37.3 Å². The lowest BCUT2D eigenvalue weighted by molar-refractivity contribution is -0.134. The van der Waals surface area contributed by atoms with E-state index in [1.54, 1.807) is 0 Å². The number of nitrogens with zero attached hydrogens (tertiary/aromatic N) is 1. The first-order valence-corrected chi connectivity index (χ1v) is 9.92. The van der Waals surface area contributed by atoms with Crippen molar-refractivity contribution in [1.82, 2.24) is 4.90 Å². The zero-order valence-corrected chi connectivity index (χ0v) is 17.2. The van der Waals surface area contributed by atoms with Crippen LogP contribution in [0.5, 0.6) is 5.75 Å². The smallest absolute Gasteiger partial charge is 0.226 e. The van der Waals surface area contributed by atoms with E-state index in [0.717, 1.165) is 31.7 Å². The van der Waals surface area contributed by atoms with Crippen LogP contribution >= 0.6 is 12.4 Å². The number of fused-ring (bicyclic) bond motifs is 1. The summed E-state index contributed by atoms with van der Waals surface area (Å²) in [5, 5.41) is 0. The average Bonchev–Trinajstić information content (AvgIpc) is 3.04. The SMILES string of the molecule is C[C@H]1c2ccccc2O[C@H]1CC(=O)N1CCC(CN)(c2ccccc2)CC1.Cl. The molecule has 0 unspecified atom stereocenters. The molecule has 0 saturated carbocycles. The topological polar surface area (TPSA) is 55.6 Å². The third-order valence-corrected chi connectivity index (χ3v) is 6.47. The van der Waals surface area contributed by atoms with E-state index < -0.39 is 0 Å². The second kappa shape index (κ2) is 8.54. The van der Waals surface area contributed by atoms with Crippen molar-refractivity contribution in [2.45, 2.75) is 43.6 Å². The van der Waals surface area contributed by atoms with Crippen molar-refractivity contribution in [3.63, 3.8) is 0 Å². The van der Waals surface area contributed by atoms with Gasteiger partial charge in [-0.3, -0.25) is 4.79 Å². The summed E-state index contributed by atoms with van der Waals surface area (Å²) in [6.07, 6.45) is 2.21. The van der Waals surface area contributed by atoms with Gasteiger partial charge in [-0.1, -0.05) is 55.5 Å². The molecule has 1 amide bonds. The van der Waals surface area contributed by atoms with Gasteiger partial charge >= 0.3 is 0 Å². The Labute approximate surface area is 173 Å². The highest BCUT2D eigenvalue weighted by Gasteiger charge is 2.38. The molecule has 0 spiro atoms. The fourth-order valence-electron chi connectivity index (χ4n) is 4.54.